The smallest absolute Gasteiger partial charge is 0.338 e. The number of esters is 1. The van der Waals surface area contributed by atoms with Gasteiger partial charge in [0.1, 0.15) is 23.2 Å². The third kappa shape index (κ3) is 2.26. The molecule has 6 heteroatoms. The Morgan fingerprint density at radius 1 is 1.60 bits per heavy atom. The highest BCUT2D eigenvalue weighted by atomic mass is 16.6. The van der Waals surface area contributed by atoms with Crippen LogP contribution in [-0.4, -0.2) is 17.7 Å². The Bertz CT molecular complexity index is 618. The summed E-state index contributed by atoms with van der Waals surface area (Å²) in [6, 6.07) is 5.09. The molecule has 0 aliphatic carbocycles. The summed E-state index contributed by atoms with van der Waals surface area (Å²) < 4.78 is 15.3. The quantitative estimate of drug-likeness (QED) is 0.852. The molecule has 2 heterocycles. The van der Waals surface area contributed by atoms with Gasteiger partial charge in [-0.05, 0) is 26.0 Å². The number of furan rings is 1. The molecule has 1 aliphatic rings. The van der Waals surface area contributed by atoms with Crippen molar-refractivity contribution in [3.8, 4) is 6.07 Å². The molecule has 0 aromatic carbocycles. The predicted octanol–water partition coefficient (Wildman–Crippen LogP) is 2.52. The summed E-state index contributed by atoms with van der Waals surface area (Å²) in [6.45, 7) is 3.39. The number of aliphatic hydroxyl groups excluding tert-OH is 1. The van der Waals surface area contributed by atoms with Crippen molar-refractivity contribution < 1.29 is 23.8 Å². The summed E-state index contributed by atoms with van der Waals surface area (Å²) in [5.74, 6) is -1.42. The second-order valence-electron chi connectivity index (χ2n) is 4.07. The Kier molecular flexibility index (Phi) is 3.80. The van der Waals surface area contributed by atoms with Gasteiger partial charge in [-0.1, -0.05) is 0 Å². The number of aliphatic hydroxyl groups is 1. The normalized spacial score (nSPS) is 18.6. The van der Waals surface area contributed by atoms with Gasteiger partial charge in [0, 0.05) is 0 Å². The maximum Gasteiger partial charge on any atom is 0.338 e. The van der Waals surface area contributed by atoms with Crippen molar-refractivity contribution in [3.05, 3.63) is 47.0 Å². The van der Waals surface area contributed by atoms with Gasteiger partial charge in [-0.15, -0.1) is 0 Å². The Morgan fingerprint density at radius 3 is 2.90 bits per heavy atom. The van der Waals surface area contributed by atoms with Crippen molar-refractivity contribution in [1.82, 2.24) is 0 Å². The molecule has 20 heavy (non-hydrogen) atoms. The van der Waals surface area contributed by atoms with Crippen LogP contribution >= 0.6 is 0 Å². The van der Waals surface area contributed by atoms with Gasteiger partial charge < -0.3 is 19.0 Å². The maximum atomic E-state index is 12.1. The van der Waals surface area contributed by atoms with Crippen molar-refractivity contribution >= 4 is 5.97 Å². The van der Waals surface area contributed by atoms with Gasteiger partial charge in [0.15, 0.2) is 0 Å². The molecule has 104 valence electrons. The Hall–Kier alpha value is -2.68. The van der Waals surface area contributed by atoms with Crippen LogP contribution < -0.4 is 0 Å². The lowest BCUT2D eigenvalue weighted by Gasteiger charge is -2.24. The molecule has 1 atom stereocenters. The summed E-state index contributed by atoms with van der Waals surface area (Å²) >= 11 is 0. The molecule has 0 radical (unpaired) electrons. The molecule has 0 saturated heterocycles. The first-order chi connectivity index (χ1) is 9.60. The van der Waals surface area contributed by atoms with Gasteiger partial charge in [0.05, 0.1) is 24.4 Å². The minimum atomic E-state index is -0.831. The molecule has 6 nitrogen and oxygen atoms in total. The van der Waals surface area contributed by atoms with Gasteiger partial charge in [-0.2, -0.15) is 5.26 Å². The van der Waals surface area contributed by atoms with Crippen molar-refractivity contribution in [2.45, 2.75) is 19.8 Å². The first kappa shape index (κ1) is 13.7. The van der Waals surface area contributed by atoms with E-state index in [1.54, 1.807) is 19.1 Å². The monoisotopic (exact) mass is 275 g/mol. The molecule has 0 spiro atoms. The molecule has 0 bridgehead atoms. The van der Waals surface area contributed by atoms with E-state index < -0.39 is 17.8 Å². The molecule has 1 aromatic rings. The molecule has 0 fully saturated rings. The van der Waals surface area contributed by atoms with E-state index in [4.69, 9.17) is 13.9 Å². The highest BCUT2D eigenvalue weighted by molar-refractivity contribution is 5.92. The topological polar surface area (TPSA) is 92.7 Å². The zero-order chi connectivity index (χ0) is 14.7. The Balaban J connectivity index is 2.55. The highest BCUT2D eigenvalue weighted by Gasteiger charge is 2.38. The summed E-state index contributed by atoms with van der Waals surface area (Å²) in [6.07, 6.45) is 1.43. The van der Waals surface area contributed by atoms with E-state index in [2.05, 4.69) is 0 Å². The molecule has 1 aromatic heterocycles. The minimum Gasteiger partial charge on any atom is -0.480 e. The third-order valence-electron chi connectivity index (χ3n) is 2.88. The lowest BCUT2D eigenvalue weighted by Crippen LogP contribution is -2.23. The first-order valence-electron chi connectivity index (χ1n) is 6.02. The van der Waals surface area contributed by atoms with Crippen molar-refractivity contribution in [2.75, 3.05) is 6.61 Å². The van der Waals surface area contributed by atoms with E-state index in [9.17, 15) is 15.2 Å². The molecular weight excluding hydrogens is 262 g/mol. The summed E-state index contributed by atoms with van der Waals surface area (Å²) in [7, 11) is 0. The molecule has 0 saturated carbocycles. The summed E-state index contributed by atoms with van der Waals surface area (Å²) in [5.41, 5.74) is 0.0600. The van der Waals surface area contributed by atoms with Crippen molar-refractivity contribution in [3.63, 3.8) is 0 Å². The van der Waals surface area contributed by atoms with Crippen LogP contribution in [0.2, 0.25) is 0 Å². The number of hydrogen-bond donors (Lipinski definition) is 1. The van der Waals surface area contributed by atoms with Gasteiger partial charge in [-0.25, -0.2) is 4.79 Å². The fourth-order valence-electron chi connectivity index (χ4n) is 2.05. The number of carbonyl (C=O) groups excluding carboxylic acids is 1. The van der Waals surface area contributed by atoms with Gasteiger partial charge in [0.2, 0.25) is 0 Å². The average Bonchev–Trinajstić information content (AvgIpc) is 2.91. The zero-order valence-corrected chi connectivity index (χ0v) is 11.0. The Labute approximate surface area is 115 Å². The van der Waals surface area contributed by atoms with Crippen molar-refractivity contribution in [2.24, 2.45) is 0 Å². The third-order valence-corrected chi connectivity index (χ3v) is 2.88. The minimum absolute atomic E-state index is 0.0893. The van der Waals surface area contributed by atoms with Crippen LogP contribution in [0.1, 0.15) is 25.5 Å². The molecular formula is C14H13NO5. The van der Waals surface area contributed by atoms with Crippen LogP contribution in [0.3, 0.4) is 0 Å². The van der Waals surface area contributed by atoms with E-state index >= 15 is 0 Å². The van der Waals surface area contributed by atoms with Crippen LogP contribution in [0.5, 0.6) is 0 Å². The molecule has 1 N–H and O–H groups in total. The fraction of sp³-hybridized carbons (Fsp3) is 0.286. The number of nitrogens with zero attached hydrogens (tertiary/aromatic N) is 1. The molecule has 1 aliphatic heterocycles. The SMILES string of the molecule is CCOC(=O)C1=C(C)OC(O)=C(C#N)C1c1ccco1. The molecule has 2 rings (SSSR count). The van der Waals surface area contributed by atoms with E-state index in [0.717, 1.165) is 0 Å². The summed E-state index contributed by atoms with van der Waals surface area (Å²) in [4.78, 5) is 12.1. The number of ether oxygens (including phenoxy) is 2. The lowest BCUT2D eigenvalue weighted by molar-refractivity contribution is -0.139. The highest BCUT2D eigenvalue weighted by Crippen LogP contribution is 2.40. The first-order valence-corrected chi connectivity index (χ1v) is 6.02. The lowest BCUT2D eigenvalue weighted by atomic mass is 9.87. The number of nitriles is 1. The van der Waals surface area contributed by atoms with E-state index in [0.29, 0.717) is 5.76 Å². The van der Waals surface area contributed by atoms with Crippen LogP contribution in [-0.2, 0) is 14.3 Å². The van der Waals surface area contributed by atoms with E-state index in [1.165, 1.54) is 13.2 Å². The van der Waals surface area contributed by atoms with Gasteiger partial charge in [-0.3, -0.25) is 0 Å². The average molecular weight is 275 g/mol. The predicted molar refractivity (Wildman–Crippen MR) is 67.1 cm³/mol. The standard InChI is InChI=1S/C14H13NO5/c1-3-18-14(17)11-8(2)20-13(16)9(7-15)12(11)10-5-4-6-19-10/h4-6,12,16H,3H2,1-2H3. The second-order valence-corrected chi connectivity index (χ2v) is 4.07. The summed E-state index contributed by atoms with van der Waals surface area (Å²) in [5, 5.41) is 18.9. The van der Waals surface area contributed by atoms with Crippen LogP contribution in [0.15, 0.2) is 45.7 Å². The van der Waals surface area contributed by atoms with E-state index in [1.807, 2.05) is 6.07 Å². The van der Waals surface area contributed by atoms with Crippen LogP contribution in [0, 0.1) is 11.3 Å². The second kappa shape index (κ2) is 5.53. The van der Waals surface area contributed by atoms with Crippen LogP contribution in [0.4, 0.5) is 0 Å². The number of allylic oxidation sites excluding steroid dienone is 2. The molecule has 0 amide bonds. The number of rotatable bonds is 3. The fourth-order valence-corrected chi connectivity index (χ4v) is 2.05. The zero-order valence-electron chi connectivity index (χ0n) is 11.0. The Morgan fingerprint density at radius 2 is 2.35 bits per heavy atom. The number of hydrogen-bond acceptors (Lipinski definition) is 6. The van der Waals surface area contributed by atoms with Gasteiger partial charge >= 0.3 is 5.97 Å². The van der Waals surface area contributed by atoms with Crippen molar-refractivity contribution in [1.29, 1.82) is 5.26 Å². The molecule has 1 unspecified atom stereocenters. The van der Waals surface area contributed by atoms with E-state index in [-0.39, 0.29) is 23.5 Å². The maximum absolute atomic E-state index is 12.1. The van der Waals surface area contributed by atoms with Crippen LogP contribution in [0.25, 0.3) is 0 Å². The largest absolute Gasteiger partial charge is 0.480 e. The number of carbonyl (C=O) groups is 1. The van der Waals surface area contributed by atoms with Gasteiger partial charge in [0.25, 0.3) is 5.95 Å².